The van der Waals surface area contributed by atoms with Crippen LogP contribution in [-0.2, 0) is 0 Å². The van der Waals surface area contributed by atoms with Crippen LogP contribution in [0.4, 0.5) is 10.1 Å². The molecule has 4 rings (SSSR count). The number of carboxylic acids is 1. The van der Waals surface area contributed by atoms with Crippen molar-refractivity contribution in [3.63, 3.8) is 0 Å². The van der Waals surface area contributed by atoms with Crippen molar-refractivity contribution >= 4 is 35.0 Å². The van der Waals surface area contributed by atoms with Gasteiger partial charge in [0, 0.05) is 30.7 Å². The van der Waals surface area contributed by atoms with Crippen LogP contribution in [0, 0.1) is 11.7 Å². The summed E-state index contributed by atoms with van der Waals surface area (Å²) < 4.78 is 16.6. The summed E-state index contributed by atoms with van der Waals surface area (Å²) in [5.74, 6) is -1.27. The van der Waals surface area contributed by atoms with Gasteiger partial charge in [-0.3, -0.25) is 4.79 Å². The highest BCUT2D eigenvalue weighted by Gasteiger charge is 2.29. The van der Waals surface area contributed by atoms with Crippen LogP contribution >= 0.6 is 12.4 Å². The zero-order valence-corrected chi connectivity index (χ0v) is 15.9. The third kappa shape index (κ3) is 3.53. The van der Waals surface area contributed by atoms with Crippen molar-refractivity contribution in [3.8, 4) is 0 Å². The SMILES string of the molecule is CNCC1CCN(c2cc3c(cc2F)c(=O)c(C(=O)O)cn3C2CC2)C1.Cl. The first kappa shape index (κ1) is 19.6. The summed E-state index contributed by atoms with van der Waals surface area (Å²) in [6.07, 6.45) is 4.29. The minimum atomic E-state index is -1.27. The quantitative estimate of drug-likeness (QED) is 0.814. The first-order valence-electron chi connectivity index (χ1n) is 9.01. The van der Waals surface area contributed by atoms with Crippen LogP contribution in [0.15, 0.2) is 23.1 Å². The molecule has 27 heavy (non-hydrogen) atoms. The van der Waals surface area contributed by atoms with Crippen molar-refractivity contribution in [1.29, 1.82) is 0 Å². The standard InChI is InChI=1S/C19H22FN3O3.ClH/c1-21-8-11-4-5-22(9-11)17-7-16-13(6-15(17)20)18(24)14(19(25)26)10-23(16)12-2-3-12;/h6-7,10-12,21H,2-5,8-9H2,1H3,(H,25,26);1H. The molecule has 0 amide bonds. The third-order valence-electron chi connectivity index (χ3n) is 5.39. The summed E-state index contributed by atoms with van der Waals surface area (Å²) >= 11 is 0. The van der Waals surface area contributed by atoms with E-state index in [1.807, 2.05) is 16.5 Å². The van der Waals surface area contributed by atoms with Crippen LogP contribution in [0.1, 0.15) is 35.7 Å². The average Bonchev–Trinajstić information content (AvgIpc) is 3.34. The fourth-order valence-electron chi connectivity index (χ4n) is 3.91. The van der Waals surface area contributed by atoms with Gasteiger partial charge in [-0.1, -0.05) is 0 Å². The number of pyridine rings is 1. The van der Waals surface area contributed by atoms with Crippen LogP contribution in [-0.4, -0.2) is 42.3 Å². The number of nitrogens with one attached hydrogen (secondary N) is 1. The highest BCUT2D eigenvalue weighted by atomic mass is 35.5. The maximum atomic E-state index is 14.8. The van der Waals surface area contributed by atoms with Crippen molar-refractivity contribution < 1.29 is 14.3 Å². The van der Waals surface area contributed by atoms with Gasteiger partial charge in [0.25, 0.3) is 0 Å². The Hall–Kier alpha value is -2.12. The fourth-order valence-corrected chi connectivity index (χ4v) is 3.91. The second kappa shape index (κ2) is 7.48. The highest BCUT2D eigenvalue weighted by molar-refractivity contribution is 5.93. The topological polar surface area (TPSA) is 74.6 Å². The molecule has 0 bridgehead atoms. The van der Waals surface area contributed by atoms with Crippen molar-refractivity contribution in [1.82, 2.24) is 9.88 Å². The number of fused-ring (bicyclic) bond motifs is 1. The molecule has 2 aromatic rings. The van der Waals surface area contributed by atoms with Crippen LogP contribution < -0.4 is 15.6 Å². The molecule has 1 saturated carbocycles. The number of anilines is 1. The number of halogens is 2. The molecule has 2 aliphatic rings. The van der Waals surface area contributed by atoms with Gasteiger partial charge in [0.1, 0.15) is 11.4 Å². The Kier molecular flexibility index (Phi) is 5.44. The van der Waals surface area contributed by atoms with Crippen LogP contribution in [0.3, 0.4) is 0 Å². The van der Waals surface area contributed by atoms with Gasteiger partial charge < -0.3 is 19.9 Å². The van der Waals surface area contributed by atoms with E-state index in [-0.39, 0.29) is 29.4 Å². The molecule has 2 fully saturated rings. The van der Waals surface area contributed by atoms with Gasteiger partial charge in [0.2, 0.25) is 5.43 Å². The first-order valence-corrected chi connectivity index (χ1v) is 9.01. The molecule has 0 radical (unpaired) electrons. The van der Waals surface area contributed by atoms with Crippen molar-refractivity contribution in [2.45, 2.75) is 25.3 Å². The molecule has 1 aromatic carbocycles. The predicted molar refractivity (Wildman–Crippen MR) is 105 cm³/mol. The van der Waals surface area contributed by atoms with Gasteiger partial charge in [-0.15, -0.1) is 12.4 Å². The average molecular weight is 396 g/mol. The first-order chi connectivity index (χ1) is 12.5. The normalized spacial score (nSPS) is 19.3. The predicted octanol–water partition coefficient (Wildman–Crippen LogP) is 2.64. The Labute approximate surface area is 162 Å². The summed E-state index contributed by atoms with van der Waals surface area (Å²) in [5.41, 5.74) is 0.195. The number of nitrogens with zero attached hydrogens (tertiary/aromatic N) is 2. The summed E-state index contributed by atoms with van der Waals surface area (Å²) in [7, 11) is 1.91. The zero-order chi connectivity index (χ0) is 18.4. The lowest BCUT2D eigenvalue weighted by Crippen LogP contribution is -2.25. The molecule has 146 valence electrons. The summed E-state index contributed by atoms with van der Waals surface area (Å²) in [5, 5.41) is 12.6. The Balaban J connectivity index is 0.00000210. The summed E-state index contributed by atoms with van der Waals surface area (Å²) in [4.78, 5) is 25.9. The molecule has 0 spiro atoms. The van der Waals surface area contributed by atoms with Gasteiger partial charge in [-0.2, -0.15) is 0 Å². The molecule has 6 nitrogen and oxygen atoms in total. The van der Waals surface area contributed by atoms with Gasteiger partial charge in [0.05, 0.1) is 11.2 Å². The number of hydrogen-bond acceptors (Lipinski definition) is 4. The largest absolute Gasteiger partial charge is 0.477 e. The van der Waals surface area contributed by atoms with Crippen LogP contribution in [0.2, 0.25) is 0 Å². The molecule has 1 unspecified atom stereocenters. The van der Waals surface area contributed by atoms with E-state index in [1.54, 1.807) is 6.07 Å². The van der Waals surface area contributed by atoms with E-state index in [2.05, 4.69) is 5.32 Å². The van der Waals surface area contributed by atoms with E-state index in [1.165, 1.54) is 12.3 Å². The molecule has 1 aliphatic carbocycles. The fraction of sp³-hybridized carbons (Fsp3) is 0.474. The Morgan fingerprint density at radius 1 is 1.33 bits per heavy atom. The van der Waals surface area contributed by atoms with Crippen molar-refractivity contribution in [3.05, 3.63) is 39.9 Å². The lowest BCUT2D eigenvalue weighted by Gasteiger charge is -2.21. The molecule has 2 heterocycles. The highest BCUT2D eigenvalue weighted by Crippen LogP contribution is 2.38. The number of rotatable bonds is 5. The summed E-state index contributed by atoms with van der Waals surface area (Å²) in [6.45, 7) is 2.43. The zero-order valence-electron chi connectivity index (χ0n) is 15.1. The van der Waals surface area contributed by atoms with Crippen molar-refractivity contribution in [2.75, 3.05) is 31.6 Å². The van der Waals surface area contributed by atoms with E-state index in [0.29, 0.717) is 17.1 Å². The third-order valence-corrected chi connectivity index (χ3v) is 5.39. The molecular formula is C19H23ClFN3O3. The number of carbonyl (C=O) groups is 1. The molecule has 8 heteroatoms. The lowest BCUT2D eigenvalue weighted by atomic mass is 10.1. The van der Waals surface area contributed by atoms with Crippen molar-refractivity contribution in [2.24, 2.45) is 5.92 Å². The molecular weight excluding hydrogens is 373 g/mol. The monoisotopic (exact) mass is 395 g/mol. The smallest absolute Gasteiger partial charge is 0.341 e. The van der Waals surface area contributed by atoms with E-state index in [0.717, 1.165) is 38.9 Å². The van der Waals surface area contributed by atoms with E-state index in [4.69, 9.17) is 0 Å². The van der Waals surface area contributed by atoms with Crippen LogP contribution in [0.25, 0.3) is 10.9 Å². The number of benzene rings is 1. The van der Waals surface area contributed by atoms with Gasteiger partial charge in [-0.05, 0) is 50.9 Å². The van der Waals surface area contributed by atoms with Gasteiger partial charge in [-0.25, -0.2) is 9.18 Å². The van der Waals surface area contributed by atoms with Crippen LogP contribution in [0.5, 0.6) is 0 Å². The molecule has 1 saturated heterocycles. The van der Waals surface area contributed by atoms with Gasteiger partial charge in [0.15, 0.2) is 0 Å². The number of carboxylic acid groups (broad SMARTS) is 1. The second-order valence-corrected chi connectivity index (χ2v) is 7.29. The Morgan fingerprint density at radius 3 is 2.70 bits per heavy atom. The number of aromatic carboxylic acids is 1. The van der Waals surface area contributed by atoms with E-state index in [9.17, 15) is 19.1 Å². The second-order valence-electron chi connectivity index (χ2n) is 7.29. The molecule has 2 N–H and O–H groups in total. The maximum Gasteiger partial charge on any atom is 0.341 e. The lowest BCUT2D eigenvalue weighted by molar-refractivity contribution is 0.0695. The minimum Gasteiger partial charge on any atom is -0.477 e. The molecule has 1 aliphatic heterocycles. The minimum absolute atomic E-state index is 0. The Bertz CT molecular complexity index is 942. The van der Waals surface area contributed by atoms with E-state index < -0.39 is 17.2 Å². The summed E-state index contributed by atoms with van der Waals surface area (Å²) in [6, 6.07) is 3.12. The maximum absolute atomic E-state index is 14.8. The number of aromatic nitrogens is 1. The number of hydrogen-bond donors (Lipinski definition) is 2. The molecule has 1 aromatic heterocycles. The Morgan fingerprint density at radius 2 is 2.07 bits per heavy atom. The molecule has 1 atom stereocenters. The van der Waals surface area contributed by atoms with E-state index >= 15 is 0 Å². The van der Waals surface area contributed by atoms with Gasteiger partial charge >= 0.3 is 5.97 Å².